The minimum Gasteiger partial charge on any atom is -0.308 e. The molecule has 132 valence electrons. The van der Waals surface area contributed by atoms with Crippen molar-refractivity contribution in [1.82, 2.24) is 19.7 Å². The Hall–Kier alpha value is -1.87. The summed E-state index contributed by atoms with van der Waals surface area (Å²) in [4.78, 5) is 12.0. The predicted octanol–water partition coefficient (Wildman–Crippen LogP) is 3.66. The molecule has 1 saturated heterocycles. The van der Waals surface area contributed by atoms with E-state index in [1.807, 2.05) is 22.1 Å². The van der Waals surface area contributed by atoms with Gasteiger partial charge in [0, 0.05) is 12.8 Å². The fraction of sp³-hybridized carbons (Fsp3) is 0.278. The molecule has 1 aliphatic rings. The Morgan fingerprint density at radius 1 is 1.23 bits per heavy atom. The molecule has 4 aromatic rings. The zero-order chi connectivity index (χ0) is 17.5. The average molecular weight is 401 g/mol. The standard InChI is InChI=1S/C18H17N5S3/c24-18-20-16(15-8-4-10-25-15)21-23(18)11-22-9-3-6-13(22)17-19-12-5-1-2-7-14(12)26-17/h1-2,4-5,7-8,10,13H,3,6,9,11H2,(H,20,21,24)/p+1/t13-/m0/s1. The summed E-state index contributed by atoms with van der Waals surface area (Å²) in [5.74, 6) is 0.861. The van der Waals surface area contributed by atoms with Crippen molar-refractivity contribution in [3.05, 3.63) is 51.6 Å². The fourth-order valence-corrected chi connectivity index (χ4v) is 5.65. The van der Waals surface area contributed by atoms with Crippen LogP contribution in [0.3, 0.4) is 0 Å². The Balaban J connectivity index is 1.42. The second-order valence-electron chi connectivity index (χ2n) is 6.54. The summed E-state index contributed by atoms with van der Waals surface area (Å²) in [6.45, 7) is 1.94. The first-order valence-electron chi connectivity index (χ1n) is 8.69. The maximum Gasteiger partial charge on any atom is 0.221 e. The molecular formula is C18H18N5S3+. The van der Waals surface area contributed by atoms with Crippen LogP contribution in [0.25, 0.3) is 20.9 Å². The lowest BCUT2D eigenvalue weighted by Gasteiger charge is -2.19. The van der Waals surface area contributed by atoms with Crippen molar-refractivity contribution in [3.63, 3.8) is 0 Å². The van der Waals surface area contributed by atoms with Gasteiger partial charge in [-0.2, -0.15) is 4.98 Å². The van der Waals surface area contributed by atoms with E-state index >= 15 is 0 Å². The molecule has 0 spiro atoms. The zero-order valence-electron chi connectivity index (χ0n) is 14.0. The van der Waals surface area contributed by atoms with E-state index in [9.17, 15) is 0 Å². The Bertz CT molecular complexity index is 1060. The van der Waals surface area contributed by atoms with Gasteiger partial charge < -0.3 is 4.90 Å². The van der Waals surface area contributed by atoms with Gasteiger partial charge >= 0.3 is 0 Å². The van der Waals surface area contributed by atoms with Crippen LogP contribution in [0.1, 0.15) is 23.9 Å². The number of nitrogens with zero attached hydrogens (tertiary/aromatic N) is 3. The van der Waals surface area contributed by atoms with E-state index in [-0.39, 0.29) is 0 Å². The van der Waals surface area contributed by atoms with Gasteiger partial charge in [-0.1, -0.05) is 18.2 Å². The highest BCUT2D eigenvalue weighted by Gasteiger charge is 2.33. The van der Waals surface area contributed by atoms with Crippen molar-refractivity contribution < 1.29 is 4.90 Å². The van der Waals surface area contributed by atoms with E-state index in [0.29, 0.717) is 10.8 Å². The van der Waals surface area contributed by atoms with Crippen molar-refractivity contribution in [2.24, 2.45) is 0 Å². The molecule has 0 radical (unpaired) electrons. The normalized spacial score (nSPS) is 20.2. The number of nitrogens with one attached hydrogen (secondary N) is 2. The summed E-state index contributed by atoms with van der Waals surface area (Å²) < 4.78 is 3.90. The molecule has 8 heteroatoms. The van der Waals surface area contributed by atoms with Gasteiger partial charge in [0.2, 0.25) is 4.77 Å². The number of para-hydroxylation sites is 1. The first-order valence-corrected chi connectivity index (χ1v) is 10.8. The predicted molar refractivity (Wildman–Crippen MR) is 108 cm³/mol. The van der Waals surface area contributed by atoms with Crippen LogP contribution < -0.4 is 4.90 Å². The summed E-state index contributed by atoms with van der Waals surface area (Å²) in [5, 5.41) is 6.68. The summed E-state index contributed by atoms with van der Waals surface area (Å²) in [7, 11) is 0. The maximum atomic E-state index is 5.49. The second-order valence-corrected chi connectivity index (χ2v) is 8.92. The summed E-state index contributed by atoms with van der Waals surface area (Å²) >= 11 is 8.99. The number of thiazole rings is 1. The molecule has 26 heavy (non-hydrogen) atoms. The number of aromatic amines is 1. The van der Waals surface area contributed by atoms with Crippen molar-refractivity contribution in [2.45, 2.75) is 25.6 Å². The number of aromatic nitrogens is 4. The first-order chi connectivity index (χ1) is 12.8. The number of thiophene rings is 1. The fourth-order valence-electron chi connectivity index (χ4n) is 3.63. The van der Waals surface area contributed by atoms with Crippen LogP contribution in [-0.2, 0) is 6.67 Å². The smallest absolute Gasteiger partial charge is 0.221 e. The average Bonchev–Trinajstić information content (AvgIpc) is 3.42. The van der Waals surface area contributed by atoms with Gasteiger partial charge in [0.1, 0.15) is 6.04 Å². The topological polar surface area (TPSA) is 50.9 Å². The van der Waals surface area contributed by atoms with Crippen LogP contribution in [0, 0.1) is 4.77 Å². The Morgan fingerprint density at radius 3 is 3.00 bits per heavy atom. The zero-order valence-corrected chi connectivity index (χ0v) is 16.5. The Labute approximate surface area is 163 Å². The molecule has 0 aliphatic carbocycles. The van der Waals surface area contributed by atoms with E-state index in [0.717, 1.165) is 29.4 Å². The van der Waals surface area contributed by atoms with E-state index in [1.165, 1.54) is 27.4 Å². The van der Waals surface area contributed by atoms with Gasteiger partial charge in [0.05, 0.1) is 21.6 Å². The highest BCUT2D eigenvalue weighted by atomic mass is 32.1. The Morgan fingerprint density at radius 2 is 2.15 bits per heavy atom. The summed E-state index contributed by atoms with van der Waals surface area (Å²) in [6.07, 6.45) is 2.39. The summed E-state index contributed by atoms with van der Waals surface area (Å²) in [5.41, 5.74) is 1.11. The number of benzene rings is 1. The molecule has 0 bridgehead atoms. The third kappa shape index (κ3) is 2.92. The minimum absolute atomic E-state index is 0.433. The van der Waals surface area contributed by atoms with Crippen molar-refractivity contribution >= 4 is 45.1 Å². The molecule has 2 N–H and O–H groups in total. The quantitative estimate of drug-likeness (QED) is 0.514. The number of hydrogen-bond donors (Lipinski definition) is 2. The summed E-state index contributed by atoms with van der Waals surface area (Å²) in [6, 6.07) is 12.9. The number of quaternary nitrogens is 1. The van der Waals surface area contributed by atoms with Crippen molar-refractivity contribution in [3.8, 4) is 10.7 Å². The molecule has 4 heterocycles. The molecule has 1 fully saturated rings. The molecule has 5 nitrogen and oxygen atoms in total. The van der Waals surface area contributed by atoms with Gasteiger partial charge in [0.15, 0.2) is 17.5 Å². The van der Waals surface area contributed by atoms with Crippen LogP contribution in [0.15, 0.2) is 41.8 Å². The molecule has 1 unspecified atom stereocenters. The van der Waals surface area contributed by atoms with Crippen molar-refractivity contribution in [2.75, 3.05) is 6.54 Å². The van der Waals surface area contributed by atoms with Gasteiger partial charge in [0.25, 0.3) is 0 Å². The van der Waals surface area contributed by atoms with E-state index in [2.05, 4.69) is 45.8 Å². The largest absolute Gasteiger partial charge is 0.308 e. The van der Waals surface area contributed by atoms with Crippen LogP contribution in [0.5, 0.6) is 0 Å². The number of hydrogen-bond acceptors (Lipinski definition) is 5. The van der Waals surface area contributed by atoms with Crippen molar-refractivity contribution in [1.29, 1.82) is 0 Å². The number of H-pyrrole nitrogens is 1. The first kappa shape index (κ1) is 16.3. The monoisotopic (exact) mass is 400 g/mol. The number of rotatable bonds is 4. The molecule has 0 amide bonds. The Kier molecular flexibility index (Phi) is 4.20. The van der Waals surface area contributed by atoms with Gasteiger partial charge in [-0.25, -0.2) is 9.67 Å². The molecule has 2 atom stereocenters. The lowest BCUT2D eigenvalue weighted by Crippen LogP contribution is -3.09. The molecule has 3 aromatic heterocycles. The number of fused-ring (bicyclic) bond motifs is 1. The molecule has 1 aromatic carbocycles. The second kappa shape index (κ2) is 6.70. The van der Waals surface area contributed by atoms with Gasteiger partial charge in [-0.3, -0.25) is 5.10 Å². The highest BCUT2D eigenvalue weighted by molar-refractivity contribution is 7.71. The molecule has 1 aliphatic heterocycles. The van der Waals surface area contributed by atoms with Crippen LogP contribution in [0.2, 0.25) is 0 Å². The highest BCUT2D eigenvalue weighted by Crippen LogP contribution is 2.28. The molecule has 0 saturated carbocycles. The molecular weight excluding hydrogens is 382 g/mol. The minimum atomic E-state index is 0.433. The van der Waals surface area contributed by atoms with Gasteiger partial charge in [-0.05, 0) is 35.8 Å². The third-order valence-corrected chi connectivity index (χ3v) is 7.23. The van der Waals surface area contributed by atoms with Gasteiger partial charge in [-0.15, -0.1) is 22.7 Å². The maximum absolute atomic E-state index is 5.49. The van der Waals surface area contributed by atoms with Crippen LogP contribution >= 0.6 is 34.9 Å². The molecule has 5 rings (SSSR count). The van der Waals surface area contributed by atoms with Crippen LogP contribution in [-0.4, -0.2) is 26.3 Å². The lowest BCUT2D eigenvalue weighted by atomic mass is 10.2. The third-order valence-electron chi connectivity index (χ3n) is 4.89. The lowest BCUT2D eigenvalue weighted by molar-refractivity contribution is -0.941. The van der Waals surface area contributed by atoms with E-state index in [1.54, 1.807) is 11.3 Å². The SMILES string of the molecule is S=c1nc(-c2cccs2)[nH]n1C[NH+]1CCC[C@H]1c1nc2ccccc2s1. The van der Waals surface area contributed by atoms with Crippen LogP contribution in [0.4, 0.5) is 0 Å². The number of likely N-dealkylation sites (tertiary alicyclic amines) is 1. The van der Waals surface area contributed by atoms with E-state index < -0.39 is 0 Å². The van der Waals surface area contributed by atoms with E-state index in [4.69, 9.17) is 17.2 Å².